The summed E-state index contributed by atoms with van der Waals surface area (Å²) in [6.07, 6.45) is -0.582. The molecule has 2 N–H and O–H groups in total. The molecule has 1 aliphatic heterocycles. The second-order valence-electron chi connectivity index (χ2n) is 8.79. The van der Waals surface area contributed by atoms with E-state index in [-0.39, 0.29) is 29.0 Å². The van der Waals surface area contributed by atoms with E-state index in [1.165, 1.54) is 27.4 Å². The monoisotopic (exact) mass is 507 g/mol. The molecular weight excluding hydrogens is 482 g/mol. The number of hydrogen-bond acceptors (Lipinski definition) is 6. The number of nitrogens with one attached hydrogen (secondary N) is 2. The number of H-pyrrole nitrogens is 1. The van der Waals surface area contributed by atoms with Gasteiger partial charge in [-0.2, -0.15) is 0 Å². The van der Waals surface area contributed by atoms with Crippen LogP contribution in [0.4, 0.5) is 23.5 Å². The van der Waals surface area contributed by atoms with E-state index in [0.717, 1.165) is 6.33 Å². The van der Waals surface area contributed by atoms with E-state index < -0.39 is 36.6 Å². The van der Waals surface area contributed by atoms with Crippen molar-refractivity contribution in [1.29, 1.82) is 0 Å². The Morgan fingerprint density at radius 1 is 1.33 bits per heavy atom. The maximum absolute atomic E-state index is 14.7. The molecule has 0 spiro atoms. The van der Waals surface area contributed by atoms with E-state index in [1.807, 2.05) is 4.90 Å². The van der Waals surface area contributed by atoms with Crippen LogP contribution in [0.1, 0.15) is 6.42 Å². The molecule has 0 aliphatic carbocycles. The summed E-state index contributed by atoms with van der Waals surface area (Å²) in [6, 6.07) is 3.78. The number of rotatable bonds is 8. The molecule has 36 heavy (non-hydrogen) atoms. The molecular formula is C23H25F4N7O2. The molecule has 0 radical (unpaired) electrons. The van der Waals surface area contributed by atoms with Gasteiger partial charge < -0.3 is 14.6 Å². The highest BCUT2D eigenvalue weighted by Crippen LogP contribution is 2.29. The van der Waals surface area contributed by atoms with Crippen LogP contribution >= 0.6 is 0 Å². The van der Waals surface area contributed by atoms with E-state index in [2.05, 4.69) is 20.4 Å². The third-order valence-electron chi connectivity index (χ3n) is 6.41. The lowest BCUT2D eigenvalue weighted by atomic mass is 10.0. The fraction of sp³-hybridized carbons (Fsp3) is 0.435. The summed E-state index contributed by atoms with van der Waals surface area (Å²) in [5.74, 6) is -0.576. The van der Waals surface area contributed by atoms with Gasteiger partial charge in [-0.3, -0.25) is 14.7 Å². The molecule has 1 aromatic carbocycles. The lowest BCUT2D eigenvalue weighted by Crippen LogP contribution is -2.49. The van der Waals surface area contributed by atoms with Crippen molar-refractivity contribution in [2.24, 2.45) is 0 Å². The lowest BCUT2D eigenvalue weighted by molar-refractivity contribution is 0.0918. The third kappa shape index (κ3) is 4.67. The Labute approximate surface area is 202 Å². The first-order valence-corrected chi connectivity index (χ1v) is 11.5. The van der Waals surface area contributed by atoms with Crippen LogP contribution < -0.4 is 10.9 Å². The van der Waals surface area contributed by atoms with Gasteiger partial charge in [0.2, 0.25) is 5.95 Å². The Morgan fingerprint density at radius 3 is 2.92 bits per heavy atom. The van der Waals surface area contributed by atoms with Crippen molar-refractivity contribution in [3.05, 3.63) is 46.9 Å². The van der Waals surface area contributed by atoms with Gasteiger partial charge in [-0.25, -0.2) is 27.1 Å². The van der Waals surface area contributed by atoms with Crippen molar-refractivity contribution < 1.29 is 22.3 Å². The van der Waals surface area contributed by atoms with Gasteiger partial charge in [0.25, 0.3) is 12.0 Å². The number of imidazole rings is 1. The van der Waals surface area contributed by atoms with Crippen LogP contribution in [0.5, 0.6) is 0 Å². The van der Waals surface area contributed by atoms with E-state index in [4.69, 9.17) is 4.74 Å². The van der Waals surface area contributed by atoms with E-state index >= 15 is 0 Å². The first kappa shape index (κ1) is 24.3. The van der Waals surface area contributed by atoms with Crippen molar-refractivity contribution in [3.63, 3.8) is 0 Å². The highest BCUT2D eigenvalue weighted by Gasteiger charge is 2.29. The van der Waals surface area contributed by atoms with Gasteiger partial charge in [0.05, 0.1) is 31.0 Å². The standard InChI is InChI=1S/C23H25F4N7O2/c1-36-7-6-32-4-3-17(16(25)10-32)29-23-30-22(35)21-14(2-5-34(21)31-23)13-8-15(24)20-18(9-13)33(12-28-20)11-19(26)27/h2,5,8-9,12,16-17,19H,3-4,6-7,10-11H2,1H3,(H2,29,30,31,35)/t16-,17-/m0/s1. The van der Waals surface area contributed by atoms with Gasteiger partial charge >= 0.3 is 0 Å². The quantitative estimate of drug-likeness (QED) is 0.357. The maximum atomic E-state index is 14.7. The molecule has 1 fully saturated rings. The molecule has 2 atom stereocenters. The zero-order valence-corrected chi connectivity index (χ0v) is 19.4. The fourth-order valence-electron chi connectivity index (χ4n) is 4.63. The van der Waals surface area contributed by atoms with Gasteiger partial charge in [0.15, 0.2) is 5.82 Å². The van der Waals surface area contributed by atoms with Crippen molar-refractivity contribution in [2.75, 3.05) is 38.7 Å². The highest BCUT2D eigenvalue weighted by molar-refractivity contribution is 5.88. The topological polar surface area (TPSA) is 92.5 Å². The third-order valence-corrected chi connectivity index (χ3v) is 6.41. The average Bonchev–Trinajstić information content (AvgIpc) is 3.44. The number of hydrogen-bond donors (Lipinski definition) is 2. The Morgan fingerprint density at radius 2 is 2.17 bits per heavy atom. The van der Waals surface area contributed by atoms with Gasteiger partial charge in [-0.1, -0.05) is 0 Å². The first-order valence-electron chi connectivity index (χ1n) is 11.5. The predicted molar refractivity (Wildman–Crippen MR) is 126 cm³/mol. The summed E-state index contributed by atoms with van der Waals surface area (Å²) >= 11 is 0. The number of methoxy groups -OCH3 is 1. The maximum Gasteiger partial charge on any atom is 0.277 e. The summed E-state index contributed by atoms with van der Waals surface area (Å²) in [5, 5.41) is 7.33. The number of likely N-dealkylation sites (tertiary alicyclic amines) is 1. The molecule has 0 amide bonds. The van der Waals surface area contributed by atoms with Gasteiger partial charge in [0, 0.05) is 38.5 Å². The minimum atomic E-state index is -2.64. The summed E-state index contributed by atoms with van der Waals surface area (Å²) in [7, 11) is 1.60. The smallest absolute Gasteiger partial charge is 0.277 e. The van der Waals surface area contributed by atoms with Gasteiger partial charge in [0.1, 0.15) is 17.2 Å². The summed E-state index contributed by atoms with van der Waals surface area (Å²) < 4.78 is 62.9. The summed E-state index contributed by atoms with van der Waals surface area (Å²) in [5.41, 5.74) is 0.482. The van der Waals surface area contributed by atoms with Crippen LogP contribution in [0.15, 0.2) is 35.5 Å². The van der Waals surface area contributed by atoms with Crippen LogP contribution in [0.2, 0.25) is 0 Å². The molecule has 1 saturated heterocycles. The number of fused-ring (bicyclic) bond motifs is 2. The first-order chi connectivity index (χ1) is 17.3. The van der Waals surface area contributed by atoms with Crippen molar-refractivity contribution >= 4 is 22.5 Å². The number of halogens is 4. The number of piperidine rings is 1. The SMILES string of the molecule is COCCN1CC[C@H](Nc2nn3ccc(-c4cc(F)c5ncn(CC(F)F)c5c4)c3c(=O)[nH]2)[C@@H](F)C1. The molecule has 192 valence electrons. The zero-order valence-electron chi connectivity index (χ0n) is 19.4. The number of aromatic nitrogens is 5. The Hall–Kier alpha value is -3.45. The largest absolute Gasteiger partial charge is 0.383 e. The molecule has 9 nitrogen and oxygen atoms in total. The molecule has 0 bridgehead atoms. The van der Waals surface area contributed by atoms with Gasteiger partial charge in [-0.15, -0.1) is 5.10 Å². The Kier molecular flexibility index (Phi) is 6.67. The lowest BCUT2D eigenvalue weighted by Gasteiger charge is -2.34. The second-order valence-corrected chi connectivity index (χ2v) is 8.79. The van der Waals surface area contributed by atoms with Crippen LogP contribution in [-0.2, 0) is 11.3 Å². The highest BCUT2D eigenvalue weighted by atomic mass is 19.3. The van der Waals surface area contributed by atoms with Crippen molar-refractivity contribution in [1.82, 2.24) is 29.0 Å². The normalized spacial score (nSPS) is 19.1. The number of anilines is 1. The summed E-state index contributed by atoms with van der Waals surface area (Å²) in [6.45, 7) is 1.47. The molecule has 3 aromatic heterocycles. The van der Waals surface area contributed by atoms with Crippen LogP contribution in [-0.4, -0.2) is 81.0 Å². The molecule has 5 rings (SSSR count). The summed E-state index contributed by atoms with van der Waals surface area (Å²) in [4.78, 5) is 21.5. The molecule has 4 aromatic rings. The van der Waals surface area contributed by atoms with Crippen LogP contribution in [0.25, 0.3) is 27.7 Å². The molecule has 4 heterocycles. The Balaban J connectivity index is 1.42. The number of ether oxygens (including phenoxy) is 1. The van der Waals surface area contributed by atoms with Crippen molar-refractivity contribution in [2.45, 2.75) is 31.6 Å². The zero-order chi connectivity index (χ0) is 25.4. The number of benzene rings is 1. The minimum absolute atomic E-state index is 0.0320. The Bertz CT molecular complexity index is 1430. The van der Waals surface area contributed by atoms with Gasteiger partial charge in [-0.05, 0) is 30.2 Å². The second kappa shape index (κ2) is 9.90. The molecule has 0 unspecified atom stereocenters. The fourth-order valence-corrected chi connectivity index (χ4v) is 4.63. The van der Waals surface area contributed by atoms with Crippen molar-refractivity contribution in [3.8, 4) is 11.1 Å². The molecule has 13 heteroatoms. The number of alkyl halides is 3. The van der Waals surface area contributed by atoms with Crippen LogP contribution in [0, 0.1) is 5.82 Å². The average molecular weight is 507 g/mol. The molecule has 0 saturated carbocycles. The van der Waals surface area contributed by atoms with E-state index in [9.17, 15) is 22.4 Å². The number of aromatic amines is 1. The predicted octanol–water partition coefficient (Wildman–Crippen LogP) is 2.91. The van der Waals surface area contributed by atoms with E-state index in [1.54, 1.807) is 13.2 Å². The number of nitrogens with zero attached hydrogens (tertiary/aromatic N) is 5. The minimum Gasteiger partial charge on any atom is -0.383 e. The van der Waals surface area contributed by atoms with Crippen LogP contribution in [0.3, 0.4) is 0 Å². The van der Waals surface area contributed by atoms with E-state index in [0.29, 0.717) is 37.2 Å². The molecule has 1 aliphatic rings.